The summed E-state index contributed by atoms with van der Waals surface area (Å²) in [5, 5.41) is 0. The molecule has 28 heavy (non-hydrogen) atoms. The highest BCUT2D eigenvalue weighted by molar-refractivity contribution is 5.93. The summed E-state index contributed by atoms with van der Waals surface area (Å²) in [7, 11) is 0. The van der Waals surface area contributed by atoms with Gasteiger partial charge in [0.2, 0.25) is 5.91 Å². The zero-order valence-corrected chi connectivity index (χ0v) is 19.0. The smallest absolute Gasteiger partial charge is 0.321 e. The summed E-state index contributed by atoms with van der Waals surface area (Å²) in [5.74, 6) is -0.0880. The number of hydrogen-bond donors (Lipinski definition) is 1. The van der Waals surface area contributed by atoms with E-state index in [0.29, 0.717) is 13.0 Å². The zero-order chi connectivity index (χ0) is 20.9. The molecule has 166 valence electrons. The Kier molecular flexibility index (Phi) is 19.9. The van der Waals surface area contributed by atoms with Gasteiger partial charge in [-0.15, -0.1) is 0 Å². The van der Waals surface area contributed by atoms with Crippen LogP contribution in [0.25, 0.3) is 0 Å². The molecule has 0 saturated carbocycles. The van der Waals surface area contributed by atoms with Crippen LogP contribution in [-0.2, 0) is 4.79 Å². The lowest BCUT2D eigenvalue weighted by atomic mass is 10.1. The maximum absolute atomic E-state index is 12.3. The van der Waals surface area contributed by atoms with E-state index >= 15 is 0 Å². The van der Waals surface area contributed by atoms with Crippen LogP contribution in [0.4, 0.5) is 4.79 Å². The van der Waals surface area contributed by atoms with Crippen molar-refractivity contribution in [3.8, 4) is 0 Å². The van der Waals surface area contributed by atoms with E-state index in [1.807, 2.05) is 0 Å². The van der Waals surface area contributed by atoms with Gasteiger partial charge in [-0.05, 0) is 12.8 Å². The van der Waals surface area contributed by atoms with Crippen molar-refractivity contribution >= 4 is 11.9 Å². The van der Waals surface area contributed by atoms with Crippen LogP contribution in [0.3, 0.4) is 0 Å². The van der Waals surface area contributed by atoms with E-state index in [-0.39, 0.29) is 5.91 Å². The molecule has 4 nitrogen and oxygen atoms in total. The van der Waals surface area contributed by atoms with Gasteiger partial charge in [0.05, 0.1) is 0 Å². The Balaban J connectivity index is 3.68. The van der Waals surface area contributed by atoms with E-state index in [2.05, 4.69) is 13.8 Å². The Bertz CT molecular complexity index is 372. The first-order valence-electron chi connectivity index (χ1n) is 12.2. The molecule has 0 aliphatic rings. The molecule has 0 bridgehead atoms. The first-order valence-corrected chi connectivity index (χ1v) is 12.2. The fraction of sp³-hybridized carbons (Fsp3) is 0.917. The van der Waals surface area contributed by atoms with Crippen molar-refractivity contribution in [2.24, 2.45) is 5.73 Å². The van der Waals surface area contributed by atoms with Gasteiger partial charge in [0.25, 0.3) is 0 Å². The van der Waals surface area contributed by atoms with E-state index in [1.54, 1.807) is 0 Å². The molecule has 0 heterocycles. The van der Waals surface area contributed by atoms with E-state index in [9.17, 15) is 9.59 Å². The van der Waals surface area contributed by atoms with Crippen LogP contribution in [0.2, 0.25) is 0 Å². The predicted octanol–water partition coefficient (Wildman–Crippen LogP) is 7.35. The first-order chi connectivity index (χ1) is 13.6. The van der Waals surface area contributed by atoms with Crippen molar-refractivity contribution in [3.05, 3.63) is 0 Å². The number of carbonyl (C=O) groups excluding carboxylic acids is 2. The van der Waals surface area contributed by atoms with Crippen LogP contribution < -0.4 is 5.73 Å². The van der Waals surface area contributed by atoms with Crippen molar-refractivity contribution in [2.75, 3.05) is 6.54 Å². The second-order valence-electron chi connectivity index (χ2n) is 8.29. The molecule has 4 heteroatoms. The number of hydrogen-bond acceptors (Lipinski definition) is 2. The maximum Gasteiger partial charge on any atom is 0.321 e. The molecular weight excluding hydrogens is 348 g/mol. The summed E-state index contributed by atoms with van der Waals surface area (Å²) in [5.41, 5.74) is 5.42. The minimum atomic E-state index is -0.583. The number of rotatable bonds is 20. The molecule has 0 aliphatic carbocycles. The largest absolute Gasteiger partial charge is 0.351 e. The van der Waals surface area contributed by atoms with Gasteiger partial charge in [0.1, 0.15) is 0 Å². The molecule has 2 N–H and O–H groups in total. The van der Waals surface area contributed by atoms with Gasteiger partial charge in [-0.25, -0.2) is 4.79 Å². The van der Waals surface area contributed by atoms with Crippen LogP contribution in [0.5, 0.6) is 0 Å². The Labute approximate surface area is 175 Å². The molecule has 3 amide bonds. The van der Waals surface area contributed by atoms with Crippen molar-refractivity contribution in [1.82, 2.24) is 4.90 Å². The lowest BCUT2D eigenvalue weighted by Gasteiger charge is -2.18. The number of urea groups is 1. The van der Waals surface area contributed by atoms with Crippen LogP contribution in [0.15, 0.2) is 0 Å². The highest BCUT2D eigenvalue weighted by Crippen LogP contribution is 2.13. The number of imide groups is 1. The Morgan fingerprint density at radius 2 is 0.929 bits per heavy atom. The van der Waals surface area contributed by atoms with Crippen LogP contribution in [0.1, 0.15) is 136 Å². The topological polar surface area (TPSA) is 63.4 Å². The molecule has 0 rings (SSSR count). The Hall–Kier alpha value is -1.06. The summed E-state index contributed by atoms with van der Waals surface area (Å²) in [6.07, 6.45) is 22.5. The highest BCUT2D eigenvalue weighted by atomic mass is 16.2. The second kappa shape index (κ2) is 20.7. The monoisotopic (exact) mass is 396 g/mol. The normalized spacial score (nSPS) is 10.9. The number of carbonyl (C=O) groups is 2. The number of amides is 3. The van der Waals surface area contributed by atoms with Crippen LogP contribution in [-0.4, -0.2) is 23.4 Å². The third kappa shape index (κ3) is 17.1. The fourth-order valence-corrected chi connectivity index (χ4v) is 3.66. The molecule has 0 aromatic carbocycles. The lowest BCUT2D eigenvalue weighted by molar-refractivity contribution is -0.128. The maximum atomic E-state index is 12.3. The Morgan fingerprint density at radius 3 is 1.32 bits per heavy atom. The van der Waals surface area contributed by atoms with Gasteiger partial charge >= 0.3 is 6.03 Å². The van der Waals surface area contributed by atoms with Gasteiger partial charge in [-0.2, -0.15) is 0 Å². The number of nitrogens with two attached hydrogens (primary N) is 1. The quantitative estimate of drug-likeness (QED) is 0.219. The van der Waals surface area contributed by atoms with Crippen molar-refractivity contribution in [3.63, 3.8) is 0 Å². The van der Waals surface area contributed by atoms with Crippen molar-refractivity contribution in [2.45, 2.75) is 136 Å². The molecule has 0 saturated heterocycles. The minimum absolute atomic E-state index is 0.0880. The Morgan fingerprint density at radius 1 is 0.571 bits per heavy atom. The summed E-state index contributed by atoms with van der Waals surface area (Å²) < 4.78 is 0. The molecular formula is C24H48N2O2. The first kappa shape index (κ1) is 26.9. The molecule has 0 atom stereocenters. The van der Waals surface area contributed by atoms with E-state index < -0.39 is 6.03 Å². The number of primary amides is 1. The van der Waals surface area contributed by atoms with Gasteiger partial charge in [-0.1, -0.05) is 117 Å². The molecule has 0 fully saturated rings. The average molecular weight is 397 g/mol. The van der Waals surface area contributed by atoms with Gasteiger partial charge in [0, 0.05) is 13.0 Å². The van der Waals surface area contributed by atoms with Gasteiger partial charge in [-0.3, -0.25) is 9.69 Å². The minimum Gasteiger partial charge on any atom is -0.351 e. The van der Waals surface area contributed by atoms with Gasteiger partial charge in [0.15, 0.2) is 0 Å². The summed E-state index contributed by atoms with van der Waals surface area (Å²) >= 11 is 0. The second-order valence-corrected chi connectivity index (χ2v) is 8.29. The molecule has 0 aliphatic heterocycles. The summed E-state index contributed by atoms with van der Waals surface area (Å²) in [6, 6.07) is -0.583. The third-order valence-corrected chi connectivity index (χ3v) is 5.55. The average Bonchev–Trinajstić information content (AvgIpc) is 2.67. The zero-order valence-electron chi connectivity index (χ0n) is 19.0. The van der Waals surface area contributed by atoms with E-state index in [0.717, 1.165) is 25.7 Å². The lowest BCUT2D eigenvalue weighted by Crippen LogP contribution is -2.41. The predicted molar refractivity (Wildman–Crippen MR) is 120 cm³/mol. The summed E-state index contributed by atoms with van der Waals surface area (Å²) in [4.78, 5) is 25.1. The molecule has 0 aromatic heterocycles. The van der Waals surface area contributed by atoms with E-state index in [1.165, 1.54) is 94.8 Å². The van der Waals surface area contributed by atoms with Crippen molar-refractivity contribution in [1.29, 1.82) is 0 Å². The highest BCUT2D eigenvalue weighted by Gasteiger charge is 2.17. The van der Waals surface area contributed by atoms with Crippen LogP contribution >= 0.6 is 0 Å². The number of nitrogens with zero attached hydrogens (tertiary/aromatic N) is 1. The molecule has 0 unspecified atom stereocenters. The third-order valence-electron chi connectivity index (χ3n) is 5.55. The molecule has 0 spiro atoms. The van der Waals surface area contributed by atoms with Gasteiger partial charge < -0.3 is 5.73 Å². The van der Waals surface area contributed by atoms with E-state index in [4.69, 9.17) is 5.73 Å². The van der Waals surface area contributed by atoms with Crippen LogP contribution in [0, 0.1) is 0 Å². The summed E-state index contributed by atoms with van der Waals surface area (Å²) in [6.45, 7) is 4.96. The SMILES string of the molecule is CCCCCCCCCCCC(=O)N(CCCCCCCCCCC)C(N)=O. The van der Waals surface area contributed by atoms with Crippen molar-refractivity contribution < 1.29 is 9.59 Å². The molecule has 0 radical (unpaired) electrons. The fourth-order valence-electron chi connectivity index (χ4n) is 3.66. The number of unbranched alkanes of at least 4 members (excludes halogenated alkanes) is 16. The standard InChI is InChI=1S/C24H48N2O2/c1-3-5-7-9-11-13-15-17-19-21-23(27)26(24(25)28)22-20-18-16-14-12-10-8-6-4-2/h3-22H2,1-2H3,(H2,25,28). The molecule has 0 aromatic rings.